The number of amides is 1. The first-order valence-electron chi connectivity index (χ1n) is 5.46. The van der Waals surface area contributed by atoms with Crippen molar-refractivity contribution in [3.05, 3.63) is 46.2 Å². The quantitative estimate of drug-likeness (QED) is 0.647. The molecule has 1 rings (SSSR count). The van der Waals surface area contributed by atoms with Crippen LogP contribution in [-0.2, 0) is 4.74 Å². The topological polar surface area (TPSA) is 38.3 Å². The molecule has 0 bridgehead atoms. The highest BCUT2D eigenvalue weighted by atomic mass is 79.9. The lowest BCUT2D eigenvalue weighted by atomic mass is 10.2. The van der Waals surface area contributed by atoms with Crippen molar-refractivity contribution in [3.8, 4) is 0 Å². The van der Waals surface area contributed by atoms with Crippen molar-refractivity contribution in [1.82, 2.24) is 5.32 Å². The maximum absolute atomic E-state index is 13.4. The Hall–Kier alpha value is -1.20. The predicted molar refractivity (Wildman–Crippen MR) is 72.1 cm³/mol. The average Bonchev–Trinajstić information content (AvgIpc) is 2.31. The maximum Gasteiger partial charge on any atom is 0.254 e. The first kappa shape index (κ1) is 14.9. The summed E-state index contributed by atoms with van der Waals surface area (Å²) in [5, 5.41) is 2.59. The molecule has 0 saturated carbocycles. The molecule has 0 aliphatic rings. The Morgan fingerprint density at radius 3 is 2.94 bits per heavy atom. The van der Waals surface area contributed by atoms with Crippen molar-refractivity contribution in [2.45, 2.75) is 6.92 Å². The number of hydrogen-bond acceptors (Lipinski definition) is 2. The summed E-state index contributed by atoms with van der Waals surface area (Å²) >= 11 is 3.19. The van der Waals surface area contributed by atoms with Crippen molar-refractivity contribution < 1.29 is 13.9 Å². The monoisotopic (exact) mass is 315 g/mol. The molecule has 98 valence electrons. The zero-order valence-electron chi connectivity index (χ0n) is 10.1. The molecule has 0 aromatic heterocycles. The van der Waals surface area contributed by atoms with E-state index in [1.807, 2.05) is 6.92 Å². The van der Waals surface area contributed by atoms with E-state index in [0.29, 0.717) is 24.2 Å². The summed E-state index contributed by atoms with van der Waals surface area (Å²) in [5.74, 6) is -0.994. The molecule has 0 heterocycles. The fraction of sp³-hybridized carbons (Fsp3) is 0.308. The molecule has 0 saturated heterocycles. The van der Waals surface area contributed by atoms with Crippen LogP contribution in [0.5, 0.6) is 0 Å². The third-order valence-electron chi connectivity index (χ3n) is 2.05. The van der Waals surface area contributed by atoms with Gasteiger partial charge in [0.1, 0.15) is 5.82 Å². The Balaban J connectivity index is 2.41. The SMILES string of the molecule is C=C(C)COCCNC(=O)c1cc(Br)ccc1F. The summed E-state index contributed by atoms with van der Waals surface area (Å²) in [4.78, 5) is 11.7. The third kappa shape index (κ3) is 4.98. The Morgan fingerprint density at radius 2 is 2.28 bits per heavy atom. The second-order valence-electron chi connectivity index (χ2n) is 3.89. The number of rotatable bonds is 6. The molecule has 1 N–H and O–H groups in total. The van der Waals surface area contributed by atoms with Crippen LogP contribution in [0.25, 0.3) is 0 Å². The van der Waals surface area contributed by atoms with Gasteiger partial charge in [0.05, 0.1) is 18.8 Å². The van der Waals surface area contributed by atoms with Gasteiger partial charge in [-0.25, -0.2) is 4.39 Å². The van der Waals surface area contributed by atoms with E-state index >= 15 is 0 Å². The van der Waals surface area contributed by atoms with Crippen molar-refractivity contribution in [2.24, 2.45) is 0 Å². The minimum atomic E-state index is -0.543. The van der Waals surface area contributed by atoms with E-state index in [0.717, 1.165) is 5.57 Å². The van der Waals surface area contributed by atoms with Crippen molar-refractivity contribution in [2.75, 3.05) is 19.8 Å². The average molecular weight is 316 g/mol. The van der Waals surface area contributed by atoms with Gasteiger partial charge in [0.2, 0.25) is 0 Å². The zero-order chi connectivity index (χ0) is 13.5. The number of nitrogens with one attached hydrogen (secondary N) is 1. The molecule has 0 spiro atoms. The number of halogens is 2. The lowest BCUT2D eigenvalue weighted by Crippen LogP contribution is -2.28. The van der Waals surface area contributed by atoms with Crippen LogP contribution in [0.1, 0.15) is 17.3 Å². The molecule has 1 aromatic rings. The molecular formula is C13H15BrFNO2. The zero-order valence-corrected chi connectivity index (χ0v) is 11.7. The van der Waals surface area contributed by atoms with Crippen LogP contribution in [0.4, 0.5) is 4.39 Å². The Morgan fingerprint density at radius 1 is 1.56 bits per heavy atom. The molecule has 0 aliphatic carbocycles. The standard InChI is InChI=1S/C13H15BrFNO2/c1-9(2)8-18-6-5-16-13(17)11-7-10(14)3-4-12(11)15/h3-4,7H,1,5-6,8H2,2H3,(H,16,17). The van der Waals surface area contributed by atoms with Crippen LogP contribution in [0.2, 0.25) is 0 Å². The molecule has 5 heteroatoms. The summed E-state index contributed by atoms with van der Waals surface area (Å²) in [6.45, 7) is 6.71. The fourth-order valence-electron chi connectivity index (χ4n) is 1.25. The van der Waals surface area contributed by atoms with Crippen molar-refractivity contribution in [3.63, 3.8) is 0 Å². The van der Waals surface area contributed by atoms with Crippen LogP contribution < -0.4 is 5.32 Å². The summed E-state index contributed by atoms with van der Waals surface area (Å²) < 4.78 is 19.3. The number of benzene rings is 1. The normalized spacial score (nSPS) is 10.2. The lowest BCUT2D eigenvalue weighted by molar-refractivity contribution is 0.0923. The van der Waals surface area contributed by atoms with Crippen LogP contribution in [-0.4, -0.2) is 25.7 Å². The Bertz CT molecular complexity index is 449. The number of carbonyl (C=O) groups is 1. The molecule has 0 radical (unpaired) electrons. The second-order valence-corrected chi connectivity index (χ2v) is 4.81. The van der Waals surface area contributed by atoms with Crippen LogP contribution >= 0.6 is 15.9 Å². The molecule has 1 amide bonds. The molecule has 18 heavy (non-hydrogen) atoms. The highest BCUT2D eigenvalue weighted by Gasteiger charge is 2.11. The minimum Gasteiger partial charge on any atom is -0.375 e. The summed E-state index contributed by atoms with van der Waals surface area (Å²) in [7, 11) is 0. The van der Waals surface area contributed by atoms with Gasteiger partial charge in [-0.15, -0.1) is 0 Å². The minimum absolute atomic E-state index is 0.0178. The van der Waals surface area contributed by atoms with E-state index in [4.69, 9.17) is 4.74 Å². The Kier molecular flexibility index (Phi) is 6.01. The number of hydrogen-bond donors (Lipinski definition) is 1. The van der Waals surface area contributed by atoms with E-state index in [-0.39, 0.29) is 5.56 Å². The van der Waals surface area contributed by atoms with Crippen LogP contribution in [0.15, 0.2) is 34.8 Å². The molecular weight excluding hydrogens is 301 g/mol. The van der Waals surface area contributed by atoms with E-state index in [9.17, 15) is 9.18 Å². The van der Waals surface area contributed by atoms with Crippen molar-refractivity contribution in [1.29, 1.82) is 0 Å². The van der Waals surface area contributed by atoms with Gasteiger partial charge in [-0.05, 0) is 25.1 Å². The number of ether oxygens (including phenoxy) is 1. The van der Waals surface area contributed by atoms with E-state index in [1.54, 1.807) is 6.07 Å². The maximum atomic E-state index is 13.4. The van der Waals surface area contributed by atoms with Gasteiger partial charge in [-0.3, -0.25) is 4.79 Å². The predicted octanol–water partition coefficient (Wildman–Crippen LogP) is 2.91. The first-order chi connectivity index (χ1) is 8.50. The van der Waals surface area contributed by atoms with Crippen LogP contribution in [0, 0.1) is 5.82 Å². The van der Waals surface area contributed by atoms with Crippen molar-refractivity contribution >= 4 is 21.8 Å². The first-order valence-corrected chi connectivity index (χ1v) is 6.25. The smallest absolute Gasteiger partial charge is 0.254 e. The third-order valence-corrected chi connectivity index (χ3v) is 2.55. The molecule has 3 nitrogen and oxygen atoms in total. The van der Waals surface area contributed by atoms with Gasteiger partial charge < -0.3 is 10.1 Å². The summed E-state index contributed by atoms with van der Waals surface area (Å²) in [6.07, 6.45) is 0. The molecule has 0 unspecified atom stereocenters. The highest BCUT2D eigenvalue weighted by molar-refractivity contribution is 9.10. The molecule has 0 atom stereocenters. The largest absolute Gasteiger partial charge is 0.375 e. The highest BCUT2D eigenvalue weighted by Crippen LogP contribution is 2.15. The lowest BCUT2D eigenvalue weighted by Gasteiger charge is -2.07. The van der Waals surface area contributed by atoms with Gasteiger partial charge in [0, 0.05) is 11.0 Å². The summed E-state index contributed by atoms with van der Waals surface area (Å²) in [5.41, 5.74) is 0.934. The van der Waals surface area contributed by atoms with E-state index in [1.165, 1.54) is 12.1 Å². The van der Waals surface area contributed by atoms with E-state index in [2.05, 4.69) is 27.8 Å². The summed E-state index contributed by atoms with van der Waals surface area (Å²) in [6, 6.07) is 4.23. The van der Waals surface area contributed by atoms with Gasteiger partial charge in [-0.2, -0.15) is 0 Å². The molecule has 1 aromatic carbocycles. The number of carbonyl (C=O) groups excluding carboxylic acids is 1. The van der Waals surface area contributed by atoms with Gasteiger partial charge in [0.25, 0.3) is 5.91 Å². The van der Waals surface area contributed by atoms with Gasteiger partial charge >= 0.3 is 0 Å². The second kappa shape index (κ2) is 7.28. The van der Waals surface area contributed by atoms with Gasteiger partial charge in [-0.1, -0.05) is 28.1 Å². The molecule has 0 fully saturated rings. The van der Waals surface area contributed by atoms with Gasteiger partial charge in [0.15, 0.2) is 0 Å². The van der Waals surface area contributed by atoms with Crippen LogP contribution in [0.3, 0.4) is 0 Å². The van der Waals surface area contributed by atoms with E-state index < -0.39 is 11.7 Å². The molecule has 0 aliphatic heterocycles. The Labute approximate surface area is 114 Å². The fourth-order valence-corrected chi connectivity index (χ4v) is 1.61.